The first kappa shape index (κ1) is 14.5. The third-order valence-electron chi connectivity index (χ3n) is 3.09. The van der Waals surface area contributed by atoms with Crippen LogP contribution in [0, 0.1) is 10.1 Å². The first-order valence-corrected chi connectivity index (χ1v) is 6.28. The molecule has 0 aliphatic rings. The number of amides is 1. The molecule has 3 N–H and O–H groups in total. The van der Waals surface area contributed by atoms with Gasteiger partial charge in [-0.05, 0) is 19.1 Å². The molecule has 0 radical (unpaired) electrons. The molecule has 8 nitrogen and oxygen atoms in total. The number of anilines is 1. The molecule has 1 unspecified atom stereocenters. The van der Waals surface area contributed by atoms with Crippen LogP contribution in [0.3, 0.4) is 0 Å². The van der Waals surface area contributed by atoms with Gasteiger partial charge >= 0.3 is 0 Å². The van der Waals surface area contributed by atoms with E-state index in [1.165, 1.54) is 18.2 Å². The standard InChI is InChI=1S/C13H15N5O3/c1-8(10-6-15-16-7-10)17-13(19)9-3-4-11(14-2)12(5-9)18(20)21/h3-8,14H,1-2H3,(H,15,16)(H,17,19). The summed E-state index contributed by atoms with van der Waals surface area (Å²) in [6.45, 7) is 1.80. The molecule has 0 aliphatic heterocycles. The monoisotopic (exact) mass is 289 g/mol. The molecule has 0 aliphatic carbocycles. The summed E-state index contributed by atoms with van der Waals surface area (Å²) in [5.41, 5.74) is 1.28. The lowest BCUT2D eigenvalue weighted by atomic mass is 10.1. The van der Waals surface area contributed by atoms with E-state index >= 15 is 0 Å². The summed E-state index contributed by atoms with van der Waals surface area (Å²) in [6.07, 6.45) is 3.29. The number of aromatic amines is 1. The average molecular weight is 289 g/mol. The smallest absolute Gasteiger partial charge is 0.293 e. The van der Waals surface area contributed by atoms with Gasteiger partial charge in [-0.15, -0.1) is 0 Å². The summed E-state index contributed by atoms with van der Waals surface area (Å²) in [5.74, 6) is -0.380. The SMILES string of the molecule is CNc1ccc(C(=O)NC(C)c2cn[nH]c2)cc1[N+](=O)[O-]. The van der Waals surface area contributed by atoms with Crippen LogP contribution in [-0.2, 0) is 0 Å². The van der Waals surface area contributed by atoms with Gasteiger partial charge in [0, 0.05) is 30.4 Å². The first-order chi connectivity index (χ1) is 10.0. The molecule has 1 amide bonds. The summed E-state index contributed by atoms with van der Waals surface area (Å²) in [4.78, 5) is 22.6. The Labute approximate surface area is 120 Å². The average Bonchev–Trinajstić information content (AvgIpc) is 3.00. The number of nitrogens with zero attached hydrogens (tertiary/aromatic N) is 2. The topological polar surface area (TPSA) is 113 Å². The second-order valence-electron chi connectivity index (χ2n) is 4.47. The van der Waals surface area contributed by atoms with E-state index in [0.29, 0.717) is 5.69 Å². The highest BCUT2D eigenvalue weighted by atomic mass is 16.6. The number of benzene rings is 1. The van der Waals surface area contributed by atoms with Crippen LogP contribution >= 0.6 is 0 Å². The molecule has 1 atom stereocenters. The van der Waals surface area contributed by atoms with Crippen molar-refractivity contribution in [3.05, 3.63) is 51.8 Å². The van der Waals surface area contributed by atoms with Crippen molar-refractivity contribution in [3.63, 3.8) is 0 Å². The number of aromatic nitrogens is 2. The van der Waals surface area contributed by atoms with Crippen LogP contribution in [0.2, 0.25) is 0 Å². The molecule has 1 aromatic carbocycles. The molecule has 0 spiro atoms. The summed E-state index contributed by atoms with van der Waals surface area (Å²) in [7, 11) is 1.59. The Morgan fingerprint density at radius 1 is 1.48 bits per heavy atom. The Kier molecular flexibility index (Phi) is 4.17. The third-order valence-corrected chi connectivity index (χ3v) is 3.09. The second kappa shape index (κ2) is 6.04. The van der Waals surface area contributed by atoms with Crippen molar-refractivity contribution >= 4 is 17.3 Å². The fourth-order valence-corrected chi connectivity index (χ4v) is 1.90. The minimum Gasteiger partial charge on any atom is -0.383 e. The Bertz CT molecular complexity index is 654. The van der Waals surface area contributed by atoms with Gasteiger partial charge in [-0.25, -0.2) is 0 Å². The van der Waals surface area contributed by atoms with Crippen LogP contribution in [0.5, 0.6) is 0 Å². The zero-order valence-corrected chi connectivity index (χ0v) is 11.6. The fourth-order valence-electron chi connectivity index (χ4n) is 1.90. The largest absolute Gasteiger partial charge is 0.383 e. The highest BCUT2D eigenvalue weighted by Gasteiger charge is 2.18. The molecule has 0 bridgehead atoms. The maximum atomic E-state index is 12.1. The van der Waals surface area contributed by atoms with Crippen LogP contribution < -0.4 is 10.6 Å². The van der Waals surface area contributed by atoms with Crippen molar-refractivity contribution < 1.29 is 9.72 Å². The molecule has 1 heterocycles. The van der Waals surface area contributed by atoms with Crippen LogP contribution in [0.4, 0.5) is 11.4 Å². The lowest BCUT2D eigenvalue weighted by Crippen LogP contribution is -2.26. The summed E-state index contributed by atoms with van der Waals surface area (Å²) in [5, 5.41) is 22.9. The van der Waals surface area contributed by atoms with E-state index in [9.17, 15) is 14.9 Å². The van der Waals surface area contributed by atoms with Gasteiger partial charge < -0.3 is 10.6 Å². The minimum absolute atomic E-state index is 0.138. The number of rotatable bonds is 5. The highest BCUT2D eigenvalue weighted by Crippen LogP contribution is 2.25. The zero-order valence-electron chi connectivity index (χ0n) is 11.6. The molecule has 2 aromatic rings. The van der Waals surface area contributed by atoms with Crippen molar-refractivity contribution in [3.8, 4) is 0 Å². The predicted molar refractivity (Wildman–Crippen MR) is 77.1 cm³/mol. The van der Waals surface area contributed by atoms with Crippen LogP contribution in [0.1, 0.15) is 28.9 Å². The maximum absolute atomic E-state index is 12.1. The van der Waals surface area contributed by atoms with Crippen LogP contribution in [0.25, 0.3) is 0 Å². The fraction of sp³-hybridized carbons (Fsp3) is 0.231. The number of nitro groups is 1. The lowest BCUT2D eigenvalue weighted by molar-refractivity contribution is -0.384. The minimum atomic E-state index is -0.526. The molecular weight excluding hydrogens is 274 g/mol. The summed E-state index contributed by atoms with van der Waals surface area (Å²) >= 11 is 0. The van der Waals surface area contributed by atoms with E-state index < -0.39 is 4.92 Å². The van der Waals surface area contributed by atoms with E-state index in [2.05, 4.69) is 20.8 Å². The number of nitro benzene ring substituents is 1. The molecule has 0 saturated heterocycles. The number of hydrogen-bond acceptors (Lipinski definition) is 5. The Balaban J connectivity index is 2.19. The quantitative estimate of drug-likeness (QED) is 0.574. The van der Waals surface area contributed by atoms with Crippen molar-refractivity contribution in [2.24, 2.45) is 0 Å². The van der Waals surface area contributed by atoms with E-state index in [4.69, 9.17) is 0 Å². The summed E-state index contributed by atoms with van der Waals surface area (Å²) < 4.78 is 0. The number of carbonyl (C=O) groups is 1. The Morgan fingerprint density at radius 3 is 2.81 bits per heavy atom. The first-order valence-electron chi connectivity index (χ1n) is 6.28. The van der Waals surface area contributed by atoms with Gasteiger partial charge in [-0.3, -0.25) is 20.0 Å². The molecule has 8 heteroatoms. The van der Waals surface area contributed by atoms with Gasteiger partial charge in [0.2, 0.25) is 0 Å². The van der Waals surface area contributed by atoms with Crippen molar-refractivity contribution in [2.75, 3.05) is 12.4 Å². The highest BCUT2D eigenvalue weighted by molar-refractivity contribution is 5.96. The molecule has 0 fully saturated rings. The van der Waals surface area contributed by atoms with Gasteiger partial charge in [0.25, 0.3) is 11.6 Å². The molecular formula is C13H15N5O3. The predicted octanol–water partition coefficient (Wildman–Crippen LogP) is 1.85. The summed E-state index contributed by atoms with van der Waals surface area (Å²) in [6, 6.07) is 4.05. The van der Waals surface area contributed by atoms with Crippen LogP contribution in [-0.4, -0.2) is 28.1 Å². The number of nitrogens with one attached hydrogen (secondary N) is 3. The Hall–Kier alpha value is -2.90. The van der Waals surface area contributed by atoms with Gasteiger partial charge in [-0.2, -0.15) is 5.10 Å². The zero-order chi connectivity index (χ0) is 15.4. The number of H-pyrrole nitrogens is 1. The molecule has 21 heavy (non-hydrogen) atoms. The molecule has 1 aromatic heterocycles. The van der Waals surface area contributed by atoms with Crippen molar-refractivity contribution in [1.29, 1.82) is 0 Å². The van der Waals surface area contributed by atoms with E-state index in [1.54, 1.807) is 26.4 Å². The van der Waals surface area contributed by atoms with Crippen LogP contribution in [0.15, 0.2) is 30.6 Å². The molecule has 2 rings (SSSR count). The van der Waals surface area contributed by atoms with Gasteiger partial charge in [0.05, 0.1) is 17.2 Å². The molecule has 0 saturated carbocycles. The second-order valence-corrected chi connectivity index (χ2v) is 4.47. The van der Waals surface area contributed by atoms with E-state index in [0.717, 1.165) is 5.56 Å². The van der Waals surface area contributed by atoms with E-state index in [-0.39, 0.29) is 23.2 Å². The third kappa shape index (κ3) is 3.16. The normalized spacial score (nSPS) is 11.7. The van der Waals surface area contributed by atoms with Crippen molar-refractivity contribution in [1.82, 2.24) is 15.5 Å². The lowest BCUT2D eigenvalue weighted by Gasteiger charge is -2.12. The van der Waals surface area contributed by atoms with E-state index in [1.807, 2.05) is 0 Å². The van der Waals surface area contributed by atoms with Crippen molar-refractivity contribution in [2.45, 2.75) is 13.0 Å². The molecule has 110 valence electrons. The van der Waals surface area contributed by atoms with Gasteiger partial charge in [0.1, 0.15) is 5.69 Å². The van der Waals surface area contributed by atoms with Gasteiger partial charge in [-0.1, -0.05) is 0 Å². The Morgan fingerprint density at radius 2 is 2.24 bits per heavy atom. The van der Waals surface area contributed by atoms with Gasteiger partial charge in [0.15, 0.2) is 0 Å². The maximum Gasteiger partial charge on any atom is 0.293 e. The number of carbonyl (C=O) groups excluding carboxylic acids is 1. The number of hydrogen-bond donors (Lipinski definition) is 3.